The molecule has 1 aliphatic rings. The lowest BCUT2D eigenvalue weighted by atomic mass is 10.0. The van der Waals surface area contributed by atoms with E-state index in [1.54, 1.807) is 0 Å². The predicted octanol–water partition coefficient (Wildman–Crippen LogP) is 2.60. The van der Waals surface area contributed by atoms with Crippen molar-refractivity contribution in [3.05, 3.63) is 34.5 Å². The maximum Gasteiger partial charge on any atom is 0.0418 e. The normalized spacial score (nSPS) is 16.8. The molecular formula is C13H18N2. The fraction of sp³-hybridized carbons (Fsp3) is 0.385. The van der Waals surface area contributed by atoms with Crippen molar-refractivity contribution in [1.29, 1.82) is 0 Å². The van der Waals surface area contributed by atoms with E-state index < -0.39 is 0 Å². The third-order valence-corrected chi connectivity index (χ3v) is 2.93. The van der Waals surface area contributed by atoms with Crippen LogP contribution in [-0.2, 0) is 0 Å². The second-order valence-electron chi connectivity index (χ2n) is 4.50. The van der Waals surface area contributed by atoms with Crippen LogP contribution in [0.4, 0.5) is 5.69 Å². The van der Waals surface area contributed by atoms with Gasteiger partial charge in [0.25, 0.3) is 0 Å². The van der Waals surface area contributed by atoms with Crippen molar-refractivity contribution < 1.29 is 0 Å². The molecule has 15 heavy (non-hydrogen) atoms. The average Bonchev–Trinajstić information content (AvgIpc) is 2.96. The Bertz CT molecular complexity index is 415. The molecule has 1 aromatic rings. The van der Waals surface area contributed by atoms with Crippen molar-refractivity contribution in [3.63, 3.8) is 0 Å². The minimum absolute atomic E-state index is 0.602. The summed E-state index contributed by atoms with van der Waals surface area (Å²) < 4.78 is 0. The molecule has 0 atom stereocenters. The second-order valence-corrected chi connectivity index (χ2v) is 4.50. The van der Waals surface area contributed by atoms with Gasteiger partial charge in [0.1, 0.15) is 0 Å². The Labute approximate surface area is 91.0 Å². The highest BCUT2D eigenvalue weighted by molar-refractivity contribution is 5.69. The molecule has 0 amide bonds. The first kappa shape index (κ1) is 10.1. The van der Waals surface area contributed by atoms with E-state index in [-0.39, 0.29) is 0 Å². The molecule has 2 heteroatoms. The minimum Gasteiger partial charge on any atom is -0.402 e. The van der Waals surface area contributed by atoms with Gasteiger partial charge in [0, 0.05) is 11.4 Å². The molecule has 0 heterocycles. The number of rotatable bonds is 2. The Morgan fingerprint density at radius 1 is 1.33 bits per heavy atom. The third kappa shape index (κ3) is 2.14. The highest BCUT2D eigenvalue weighted by Crippen LogP contribution is 2.35. The summed E-state index contributed by atoms with van der Waals surface area (Å²) in [7, 11) is 0. The maximum atomic E-state index is 6.02. The van der Waals surface area contributed by atoms with Crippen LogP contribution in [-0.4, -0.2) is 0 Å². The van der Waals surface area contributed by atoms with Crippen molar-refractivity contribution >= 4 is 11.8 Å². The number of benzene rings is 1. The molecule has 0 radical (unpaired) electrons. The number of allylic oxidation sites excluding steroid dienone is 1. The minimum atomic E-state index is 0.602. The van der Waals surface area contributed by atoms with Gasteiger partial charge in [-0.2, -0.15) is 0 Å². The first-order valence-corrected chi connectivity index (χ1v) is 5.41. The quantitative estimate of drug-likeness (QED) is 0.724. The SMILES string of the molecule is Cc1cc(C)c(N)c(/C=C(\N)C2CC2)c1. The Balaban J connectivity index is 2.38. The standard InChI is InChI=1S/C13H18N2/c1-8-5-9(2)13(15)11(6-8)7-12(14)10-3-4-10/h5-7,10H,3-4,14-15H2,1-2H3/b12-7-. The van der Waals surface area contributed by atoms with Gasteiger partial charge < -0.3 is 11.5 Å². The van der Waals surface area contributed by atoms with Crippen LogP contribution in [0.25, 0.3) is 6.08 Å². The van der Waals surface area contributed by atoms with Crippen molar-refractivity contribution in [2.24, 2.45) is 11.7 Å². The van der Waals surface area contributed by atoms with Gasteiger partial charge in [0.05, 0.1) is 0 Å². The largest absolute Gasteiger partial charge is 0.402 e. The molecular weight excluding hydrogens is 184 g/mol. The van der Waals surface area contributed by atoms with Crippen LogP contribution in [0.15, 0.2) is 17.8 Å². The van der Waals surface area contributed by atoms with E-state index in [9.17, 15) is 0 Å². The molecule has 1 aromatic carbocycles. The number of anilines is 1. The van der Waals surface area contributed by atoms with E-state index in [0.717, 1.165) is 22.5 Å². The van der Waals surface area contributed by atoms with Crippen molar-refractivity contribution in [3.8, 4) is 0 Å². The van der Waals surface area contributed by atoms with E-state index in [1.807, 2.05) is 13.0 Å². The molecule has 0 spiro atoms. The van der Waals surface area contributed by atoms with E-state index in [4.69, 9.17) is 11.5 Å². The molecule has 1 aliphatic carbocycles. The molecule has 0 aromatic heterocycles. The van der Waals surface area contributed by atoms with Gasteiger partial charge in [-0.15, -0.1) is 0 Å². The predicted molar refractivity (Wildman–Crippen MR) is 65.2 cm³/mol. The summed E-state index contributed by atoms with van der Waals surface area (Å²) in [4.78, 5) is 0. The lowest BCUT2D eigenvalue weighted by molar-refractivity contribution is 0.993. The zero-order chi connectivity index (χ0) is 11.0. The maximum absolute atomic E-state index is 6.02. The summed E-state index contributed by atoms with van der Waals surface area (Å²) in [6, 6.07) is 4.19. The number of hydrogen-bond donors (Lipinski definition) is 2. The van der Waals surface area contributed by atoms with E-state index in [1.165, 1.54) is 18.4 Å². The van der Waals surface area contributed by atoms with Gasteiger partial charge in [-0.05, 0) is 55.9 Å². The molecule has 80 valence electrons. The fourth-order valence-corrected chi connectivity index (χ4v) is 1.85. The van der Waals surface area contributed by atoms with Crippen LogP contribution in [0.1, 0.15) is 29.5 Å². The van der Waals surface area contributed by atoms with E-state index in [2.05, 4.69) is 19.1 Å². The zero-order valence-electron chi connectivity index (χ0n) is 9.38. The van der Waals surface area contributed by atoms with Gasteiger partial charge in [-0.3, -0.25) is 0 Å². The molecule has 4 N–H and O–H groups in total. The van der Waals surface area contributed by atoms with Crippen LogP contribution >= 0.6 is 0 Å². The first-order chi connectivity index (χ1) is 7.08. The van der Waals surface area contributed by atoms with Crippen LogP contribution in [0.3, 0.4) is 0 Å². The number of hydrogen-bond acceptors (Lipinski definition) is 2. The number of nitrogen functional groups attached to an aromatic ring is 1. The van der Waals surface area contributed by atoms with Gasteiger partial charge >= 0.3 is 0 Å². The van der Waals surface area contributed by atoms with Crippen LogP contribution in [0.5, 0.6) is 0 Å². The molecule has 1 saturated carbocycles. The lowest BCUT2D eigenvalue weighted by Gasteiger charge is -2.07. The third-order valence-electron chi connectivity index (χ3n) is 2.93. The zero-order valence-corrected chi connectivity index (χ0v) is 9.38. The van der Waals surface area contributed by atoms with Gasteiger partial charge in [-0.25, -0.2) is 0 Å². The second kappa shape index (κ2) is 3.61. The summed E-state index contributed by atoms with van der Waals surface area (Å²) >= 11 is 0. The highest BCUT2D eigenvalue weighted by Gasteiger charge is 2.23. The van der Waals surface area contributed by atoms with Crippen LogP contribution in [0, 0.1) is 19.8 Å². The number of aryl methyl sites for hydroxylation is 2. The molecule has 1 fully saturated rings. The van der Waals surface area contributed by atoms with Gasteiger partial charge in [0.15, 0.2) is 0 Å². The molecule has 0 bridgehead atoms. The molecule has 2 rings (SSSR count). The van der Waals surface area contributed by atoms with Gasteiger partial charge in [-0.1, -0.05) is 11.6 Å². The Hall–Kier alpha value is -1.44. The topological polar surface area (TPSA) is 52.0 Å². The van der Waals surface area contributed by atoms with Gasteiger partial charge in [0.2, 0.25) is 0 Å². The highest BCUT2D eigenvalue weighted by atomic mass is 14.6. The monoisotopic (exact) mass is 202 g/mol. The van der Waals surface area contributed by atoms with Crippen LogP contribution in [0.2, 0.25) is 0 Å². The molecule has 0 aliphatic heterocycles. The summed E-state index contributed by atoms with van der Waals surface area (Å²) in [5, 5.41) is 0. The fourth-order valence-electron chi connectivity index (χ4n) is 1.85. The smallest absolute Gasteiger partial charge is 0.0418 e. The summed E-state index contributed by atoms with van der Waals surface area (Å²) in [6.45, 7) is 4.12. The van der Waals surface area contributed by atoms with Crippen molar-refractivity contribution in [2.75, 3.05) is 5.73 Å². The molecule has 0 unspecified atom stereocenters. The molecule has 0 saturated heterocycles. The van der Waals surface area contributed by atoms with Crippen molar-refractivity contribution in [2.45, 2.75) is 26.7 Å². The summed E-state index contributed by atoms with van der Waals surface area (Å²) in [5.74, 6) is 0.602. The number of nitrogens with two attached hydrogens (primary N) is 2. The van der Waals surface area contributed by atoms with E-state index >= 15 is 0 Å². The lowest BCUT2D eigenvalue weighted by Crippen LogP contribution is -2.01. The summed E-state index contributed by atoms with van der Waals surface area (Å²) in [5.41, 5.74) is 17.3. The Morgan fingerprint density at radius 3 is 2.60 bits per heavy atom. The molecule has 2 nitrogen and oxygen atoms in total. The average molecular weight is 202 g/mol. The Morgan fingerprint density at radius 2 is 2.00 bits per heavy atom. The first-order valence-electron chi connectivity index (χ1n) is 5.41. The summed E-state index contributed by atoms with van der Waals surface area (Å²) in [6.07, 6.45) is 4.49. The van der Waals surface area contributed by atoms with Crippen LogP contribution < -0.4 is 11.5 Å². The Kier molecular flexibility index (Phi) is 2.43. The van der Waals surface area contributed by atoms with E-state index in [0.29, 0.717) is 5.92 Å². The van der Waals surface area contributed by atoms with Crippen molar-refractivity contribution in [1.82, 2.24) is 0 Å².